The quantitative estimate of drug-likeness (QED) is 0.589. The SMILES string of the molecule is [Cl][Sn][C]1=CC=CC1. The molecular formula is C5H5ClSn. The van der Waals surface area contributed by atoms with Crippen LogP contribution in [0, 0.1) is 0 Å². The van der Waals surface area contributed by atoms with Crippen molar-refractivity contribution in [3.63, 3.8) is 0 Å². The maximum absolute atomic E-state index is 5.67. The Morgan fingerprint density at radius 2 is 2.57 bits per heavy atom. The van der Waals surface area contributed by atoms with Crippen molar-refractivity contribution >= 4 is 28.9 Å². The summed E-state index contributed by atoms with van der Waals surface area (Å²) in [5.41, 5.74) is 0. The Hall–Kier alpha value is 0.569. The van der Waals surface area contributed by atoms with Gasteiger partial charge in [-0.25, -0.2) is 0 Å². The summed E-state index contributed by atoms with van der Waals surface area (Å²) in [5.74, 6) is 0. The molecule has 0 nitrogen and oxygen atoms in total. The van der Waals surface area contributed by atoms with Crippen molar-refractivity contribution in [1.82, 2.24) is 0 Å². The van der Waals surface area contributed by atoms with Crippen molar-refractivity contribution in [3.05, 3.63) is 21.8 Å². The van der Waals surface area contributed by atoms with Crippen LogP contribution in [0.5, 0.6) is 0 Å². The van der Waals surface area contributed by atoms with Crippen LogP contribution in [0.4, 0.5) is 0 Å². The van der Waals surface area contributed by atoms with Gasteiger partial charge in [0.2, 0.25) is 0 Å². The van der Waals surface area contributed by atoms with Crippen LogP contribution in [0.2, 0.25) is 0 Å². The Balaban J connectivity index is 2.45. The Labute approximate surface area is 57.2 Å². The van der Waals surface area contributed by atoms with Crippen LogP contribution < -0.4 is 0 Å². The first kappa shape index (κ1) is 5.70. The van der Waals surface area contributed by atoms with E-state index in [2.05, 4.69) is 18.2 Å². The molecule has 1 aliphatic rings. The number of hydrogen-bond donors (Lipinski definition) is 0. The van der Waals surface area contributed by atoms with Gasteiger partial charge in [-0.05, 0) is 0 Å². The number of allylic oxidation sites excluding steroid dienone is 4. The van der Waals surface area contributed by atoms with E-state index >= 15 is 0 Å². The Kier molecular flexibility index (Phi) is 2.26. The summed E-state index contributed by atoms with van der Waals surface area (Å²) in [4.78, 5) is 0. The molecule has 0 unspecified atom stereocenters. The van der Waals surface area contributed by atoms with Crippen LogP contribution in [0.25, 0.3) is 0 Å². The van der Waals surface area contributed by atoms with E-state index < -0.39 is 20.0 Å². The number of rotatable bonds is 1. The number of hydrogen-bond acceptors (Lipinski definition) is 0. The molecule has 0 atom stereocenters. The van der Waals surface area contributed by atoms with E-state index in [0.29, 0.717) is 0 Å². The molecular weight excluding hydrogens is 214 g/mol. The van der Waals surface area contributed by atoms with Crippen LogP contribution in [0.15, 0.2) is 21.8 Å². The molecule has 1 rings (SSSR count). The van der Waals surface area contributed by atoms with Crippen molar-refractivity contribution < 1.29 is 0 Å². The molecule has 0 fully saturated rings. The van der Waals surface area contributed by atoms with Crippen molar-refractivity contribution in [3.8, 4) is 0 Å². The maximum atomic E-state index is 5.67. The third-order valence-corrected chi connectivity index (χ3v) is 4.27. The van der Waals surface area contributed by atoms with Crippen LogP contribution in [0.1, 0.15) is 6.42 Å². The normalized spacial score (nSPS) is 17.6. The second kappa shape index (κ2) is 2.77. The molecule has 0 aromatic heterocycles. The Morgan fingerprint density at radius 1 is 1.71 bits per heavy atom. The van der Waals surface area contributed by atoms with Gasteiger partial charge in [-0.1, -0.05) is 0 Å². The average molecular weight is 219 g/mol. The fourth-order valence-electron chi connectivity index (χ4n) is 0.517. The van der Waals surface area contributed by atoms with Crippen molar-refractivity contribution in [2.24, 2.45) is 0 Å². The third-order valence-electron chi connectivity index (χ3n) is 0.893. The predicted molar refractivity (Wildman–Crippen MR) is 33.4 cm³/mol. The van der Waals surface area contributed by atoms with Crippen LogP contribution in [0.3, 0.4) is 0 Å². The van der Waals surface area contributed by atoms with E-state index in [1.165, 1.54) is 3.59 Å². The van der Waals surface area contributed by atoms with Gasteiger partial charge in [0.05, 0.1) is 0 Å². The van der Waals surface area contributed by atoms with Gasteiger partial charge in [-0.15, -0.1) is 0 Å². The topological polar surface area (TPSA) is 0 Å². The molecule has 1 aliphatic carbocycles. The van der Waals surface area contributed by atoms with Gasteiger partial charge in [0.1, 0.15) is 0 Å². The molecule has 0 aromatic carbocycles. The monoisotopic (exact) mass is 220 g/mol. The van der Waals surface area contributed by atoms with Gasteiger partial charge < -0.3 is 0 Å². The van der Waals surface area contributed by atoms with E-state index in [0.717, 1.165) is 6.42 Å². The molecule has 0 N–H and O–H groups in total. The van der Waals surface area contributed by atoms with Crippen molar-refractivity contribution in [2.75, 3.05) is 0 Å². The van der Waals surface area contributed by atoms with Crippen LogP contribution >= 0.6 is 8.92 Å². The fraction of sp³-hybridized carbons (Fsp3) is 0.200. The van der Waals surface area contributed by atoms with Gasteiger partial charge in [0, 0.05) is 0 Å². The molecule has 0 bridgehead atoms. The predicted octanol–water partition coefficient (Wildman–Crippen LogP) is 1.69. The summed E-state index contributed by atoms with van der Waals surface area (Å²) in [6.45, 7) is 0. The van der Waals surface area contributed by atoms with E-state index in [4.69, 9.17) is 8.92 Å². The van der Waals surface area contributed by atoms with Gasteiger partial charge in [0.25, 0.3) is 0 Å². The summed E-state index contributed by atoms with van der Waals surface area (Å²) < 4.78 is 1.49. The van der Waals surface area contributed by atoms with E-state index in [1.54, 1.807) is 0 Å². The van der Waals surface area contributed by atoms with Gasteiger partial charge in [0.15, 0.2) is 0 Å². The second-order valence-corrected chi connectivity index (χ2v) is 5.06. The van der Waals surface area contributed by atoms with E-state index in [-0.39, 0.29) is 0 Å². The van der Waals surface area contributed by atoms with E-state index in [9.17, 15) is 0 Å². The summed E-state index contributed by atoms with van der Waals surface area (Å²) in [5, 5.41) is 0. The zero-order valence-corrected chi connectivity index (χ0v) is 7.43. The van der Waals surface area contributed by atoms with Gasteiger partial charge >= 0.3 is 57.2 Å². The first-order valence-electron chi connectivity index (χ1n) is 2.16. The molecule has 0 aliphatic heterocycles. The molecule has 36 valence electrons. The molecule has 0 amide bonds. The minimum atomic E-state index is -0.569. The minimum absolute atomic E-state index is 0.569. The Morgan fingerprint density at radius 3 is 2.86 bits per heavy atom. The molecule has 0 saturated heterocycles. The van der Waals surface area contributed by atoms with Crippen molar-refractivity contribution in [1.29, 1.82) is 0 Å². The summed E-state index contributed by atoms with van der Waals surface area (Å²) in [6, 6.07) is 0. The number of halogens is 1. The van der Waals surface area contributed by atoms with Gasteiger partial charge in [-0.2, -0.15) is 0 Å². The average Bonchev–Trinajstić information content (AvgIpc) is 2.14. The standard InChI is InChI=1S/C5H5.ClH.Sn/c1-2-4-5-3-1;;/h1-3H,4H2;1H;/q;;+1/p-1. The molecule has 2 heteroatoms. The summed E-state index contributed by atoms with van der Waals surface area (Å²) in [7, 11) is 5.67. The van der Waals surface area contributed by atoms with Crippen molar-refractivity contribution in [2.45, 2.75) is 6.42 Å². The van der Waals surface area contributed by atoms with Crippen LogP contribution in [-0.4, -0.2) is 20.0 Å². The zero-order valence-electron chi connectivity index (χ0n) is 3.82. The zero-order chi connectivity index (χ0) is 5.11. The molecule has 0 saturated carbocycles. The Bertz CT molecular complexity index is 115. The second-order valence-electron chi connectivity index (χ2n) is 1.42. The molecule has 0 spiro atoms. The summed E-state index contributed by atoms with van der Waals surface area (Å²) >= 11 is -0.569. The third kappa shape index (κ3) is 1.50. The first-order valence-corrected chi connectivity index (χ1v) is 7.20. The van der Waals surface area contributed by atoms with E-state index in [1.807, 2.05) is 0 Å². The molecule has 0 heterocycles. The molecule has 2 radical (unpaired) electrons. The van der Waals surface area contributed by atoms with Crippen LogP contribution in [-0.2, 0) is 0 Å². The fourth-order valence-corrected chi connectivity index (χ4v) is 2.47. The first-order chi connectivity index (χ1) is 3.43. The summed E-state index contributed by atoms with van der Waals surface area (Å²) in [6.07, 6.45) is 7.51. The molecule has 7 heavy (non-hydrogen) atoms. The molecule has 0 aromatic rings. The van der Waals surface area contributed by atoms with Gasteiger partial charge in [-0.3, -0.25) is 0 Å².